The first-order valence-electron chi connectivity index (χ1n) is 6.66. The topological polar surface area (TPSA) is 9.23 Å². The van der Waals surface area contributed by atoms with Crippen LogP contribution in [0.25, 0.3) is 0 Å². The Morgan fingerprint density at radius 3 is 2.06 bits per heavy atom. The molecule has 0 N–H and O–H groups in total. The second-order valence-corrected chi connectivity index (χ2v) is 6.97. The molecule has 17 heavy (non-hydrogen) atoms. The maximum absolute atomic E-state index is 5.89. The lowest BCUT2D eigenvalue weighted by Gasteiger charge is -2.20. The van der Waals surface area contributed by atoms with Crippen molar-refractivity contribution in [1.82, 2.24) is 0 Å². The number of benzene rings is 1. The van der Waals surface area contributed by atoms with Crippen molar-refractivity contribution in [2.45, 2.75) is 59.5 Å². The fraction of sp³-hybridized carbons (Fsp3) is 0.600. The van der Waals surface area contributed by atoms with Gasteiger partial charge in [0.15, 0.2) is 9.76 Å². The second-order valence-electron chi connectivity index (χ2n) is 5.59. The van der Waals surface area contributed by atoms with Gasteiger partial charge in [0.2, 0.25) is 0 Å². The lowest BCUT2D eigenvalue weighted by molar-refractivity contribution is 0.260. The molecule has 0 aliphatic carbocycles. The van der Waals surface area contributed by atoms with Gasteiger partial charge in [0.05, 0.1) is 0 Å². The largest absolute Gasteiger partial charge is 0.416 e. The molecule has 2 heteroatoms. The summed E-state index contributed by atoms with van der Waals surface area (Å²) in [5.74, 6) is 1.19. The van der Waals surface area contributed by atoms with Crippen molar-refractivity contribution in [3.8, 4) is 0 Å². The fourth-order valence-corrected chi connectivity index (χ4v) is 3.74. The molecule has 1 aromatic carbocycles. The van der Waals surface area contributed by atoms with E-state index >= 15 is 0 Å². The van der Waals surface area contributed by atoms with Gasteiger partial charge >= 0.3 is 0 Å². The predicted octanol–water partition coefficient (Wildman–Crippen LogP) is 3.07. The van der Waals surface area contributed by atoms with Crippen molar-refractivity contribution in [1.29, 1.82) is 0 Å². The van der Waals surface area contributed by atoms with Crippen LogP contribution in [-0.4, -0.2) is 15.9 Å². The maximum atomic E-state index is 5.89. The molecule has 0 radical (unpaired) electrons. The van der Waals surface area contributed by atoms with E-state index in [1.165, 1.54) is 16.3 Å². The van der Waals surface area contributed by atoms with E-state index in [0.717, 1.165) is 0 Å². The molecule has 0 fully saturated rings. The monoisotopic (exact) mass is 250 g/mol. The maximum Gasteiger partial charge on any atom is 0.192 e. The summed E-state index contributed by atoms with van der Waals surface area (Å²) < 4.78 is 5.89. The zero-order chi connectivity index (χ0) is 13.0. The minimum atomic E-state index is -0.584. The first kappa shape index (κ1) is 14.5. The standard InChI is InChI=1S/C15H26OSi/c1-10(2)13-8-7-9-14(15(13)11(3)4)17-16-12(5)6/h7-12H,17H2,1-6H3. The lowest BCUT2D eigenvalue weighted by Crippen LogP contribution is -2.26. The molecule has 0 atom stereocenters. The van der Waals surface area contributed by atoms with Gasteiger partial charge in [-0.2, -0.15) is 0 Å². The van der Waals surface area contributed by atoms with Crippen molar-refractivity contribution in [3.05, 3.63) is 29.3 Å². The first-order valence-corrected chi connectivity index (χ1v) is 7.95. The normalized spacial score (nSPS) is 12.5. The van der Waals surface area contributed by atoms with Gasteiger partial charge in [0.25, 0.3) is 0 Å². The molecule has 0 aliphatic rings. The Morgan fingerprint density at radius 1 is 0.941 bits per heavy atom. The molecule has 1 aromatic rings. The molecule has 0 amide bonds. The van der Waals surface area contributed by atoms with Gasteiger partial charge in [-0.15, -0.1) is 0 Å². The molecule has 0 aliphatic heterocycles. The molecule has 96 valence electrons. The molecule has 0 saturated carbocycles. The van der Waals surface area contributed by atoms with E-state index in [1.807, 2.05) is 0 Å². The Labute approximate surface area is 109 Å². The van der Waals surface area contributed by atoms with Crippen molar-refractivity contribution < 1.29 is 4.43 Å². The van der Waals surface area contributed by atoms with E-state index in [2.05, 4.69) is 59.7 Å². The average molecular weight is 250 g/mol. The van der Waals surface area contributed by atoms with E-state index < -0.39 is 9.76 Å². The Bertz CT molecular complexity index is 356. The van der Waals surface area contributed by atoms with Crippen LogP contribution in [0.4, 0.5) is 0 Å². The van der Waals surface area contributed by atoms with Gasteiger partial charge in [-0.25, -0.2) is 0 Å². The Morgan fingerprint density at radius 2 is 1.59 bits per heavy atom. The molecular formula is C15H26OSi. The van der Waals surface area contributed by atoms with Crippen molar-refractivity contribution in [2.24, 2.45) is 0 Å². The van der Waals surface area contributed by atoms with E-state index in [9.17, 15) is 0 Å². The van der Waals surface area contributed by atoms with E-state index in [-0.39, 0.29) is 0 Å². The van der Waals surface area contributed by atoms with Gasteiger partial charge < -0.3 is 4.43 Å². The molecule has 0 heterocycles. The van der Waals surface area contributed by atoms with Gasteiger partial charge in [0, 0.05) is 6.10 Å². The van der Waals surface area contributed by atoms with Gasteiger partial charge in [-0.3, -0.25) is 0 Å². The van der Waals surface area contributed by atoms with Crippen LogP contribution in [-0.2, 0) is 4.43 Å². The average Bonchev–Trinajstić information content (AvgIpc) is 2.25. The summed E-state index contributed by atoms with van der Waals surface area (Å²) in [7, 11) is -0.584. The summed E-state index contributed by atoms with van der Waals surface area (Å²) in [6.45, 7) is 13.4. The van der Waals surface area contributed by atoms with Crippen LogP contribution < -0.4 is 5.19 Å². The van der Waals surface area contributed by atoms with Crippen LogP contribution in [0.15, 0.2) is 18.2 Å². The predicted molar refractivity (Wildman–Crippen MR) is 79.0 cm³/mol. The summed E-state index contributed by atoms with van der Waals surface area (Å²) in [6, 6.07) is 6.72. The minimum Gasteiger partial charge on any atom is -0.416 e. The van der Waals surface area contributed by atoms with E-state index in [4.69, 9.17) is 4.43 Å². The van der Waals surface area contributed by atoms with Gasteiger partial charge in [-0.1, -0.05) is 45.9 Å². The molecule has 0 saturated heterocycles. The highest BCUT2D eigenvalue weighted by Crippen LogP contribution is 2.24. The smallest absolute Gasteiger partial charge is 0.192 e. The number of hydrogen-bond donors (Lipinski definition) is 0. The zero-order valence-corrected chi connectivity index (χ0v) is 13.5. The Balaban J connectivity index is 3.07. The Hall–Kier alpha value is -0.603. The van der Waals surface area contributed by atoms with E-state index in [0.29, 0.717) is 17.9 Å². The highest BCUT2D eigenvalue weighted by molar-refractivity contribution is 6.47. The fourth-order valence-electron chi connectivity index (χ4n) is 2.22. The second kappa shape index (κ2) is 6.36. The van der Waals surface area contributed by atoms with Crippen LogP contribution in [0.1, 0.15) is 64.5 Å². The van der Waals surface area contributed by atoms with Crippen molar-refractivity contribution in [2.75, 3.05) is 0 Å². The molecule has 0 aromatic heterocycles. The summed E-state index contributed by atoms with van der Waals surface area (Å²) in [5.41, 5.74) is 3.03. The SMILES string of the molecule is CC(C)O[SiH2]c1cccc(C(C)C)c1C(C)C. The summed E-state index contributed by atoms with van der Waals surface area (Å²) >= 11 is 0. The summed E-state index contributed by atoms with van der Waals surface area (Å²) in [6.07, 6.45) is 0.351. The third-order valence-corrected chi connectivity index (χ3v) is 4.76. The van der Waals surface area contributed by atoms with Gasteiger partial charge in [-0.05, 0) is 42.0 Å². The summed E-state index contributed by atoms with van der Waals surface area (Å²) in [5, 5.41) is 1.49. The summed E-state index contributed by atoms with van der Waals surface area (Å²) in [4.78, 5) is 0. The van der Waals surface area contributed by atoms with Crippen molar-refractivity contribution >= 4 is 14.9 Å². The van der Waals surface area contributed by atoms with Crippen LogP contribution in [0, 0.1) is 0 Å². The van der Waals surface area contributed by atoms with Crippen LogP contribution in [0.3, 0.4) is 0 Å². The molecular weight excluding hydrogens is 224 g/mol. The molecule has 0 spiro atoms. The van der Waals surface area contributed by atoms with Gasteiger partial charge in [0.1, 0.15) is 0 Å². The number of hydrogen-bond acceptors (Lipinski definition) is 1. The van der Waals surface area contributed by atoms with Crippen LogP contribution in [0.5, 0.6) is 0 Å². The van der Waals surface area contributed by atoms with Crippen molar-refractivity contribution in [3.63, 3.8) is 0 Å². The molecule has 1 nitrogen and oxygen atoms in total. The highest BCUT2D eigenvalue weighted by atomic mass is 28.2. The minimum absolute atomic E-state index is 0.351. The van der Waals surface area contributed by atoms with Crippen LogP contribution in [0.2, 0.25) is 0 Å². The third-order valence-electron chi connectivity index (χ3n) is 3.00. The quantitative estimate of drug-likeness (QED) is 0.730. The highest BCUT2D eigenvalue weighted by Gasteiger charge is 2.14. The zero-order valence-electron chi connectivity index (χ0n) is 12.1. The lowest BCUT2D eigenvalue weighted by atomic mass is 9.91. The third kappa shape index (κ3) is 3.97. The molecule has 0 unspecified atom stereocenters. The van der Waals surface area contributed by atoms with E-state index in [1.54, 1.807) is 0 Å². The van der Waals surface area contributed by atoms with Crippen LogP contribution >= 0.6 is 0 Å². The number of rotatable bonds is 5. The Kier molecular flexibility index (Phi) is 5.41. The first-order chi connectivity index (χ1) is 7.93. The molecule has 1 rings (SSSR count). The molecule has 0 bridgehead atoms.